The molecule has 0 radical (unpaired) electrons. The molecule has 1 fully saturated rings. The molecule has 0 aromatic carbocycles. The van der Waals surface area contributed by atoms with Crippen LogP contribution in [0.25, 0.3) is 0 Å². The lowest BCUT2D eigenvalue weighted by atomic mass is 10.3. The van der Waals surface area contributed by atoms with Crippen molar-refractivity contribution < 1.29 is 9.13 Å². The van der Waals surface area contributed by atoms with Gasteiger partial charge in [-0.15, -0.1) is 5.11 Å². The van der Waals surface area contributed by atoms with E-state index in [1.54, 1.807) is 0 Å². The number of hydrogen-bond acceptors (Lipinski definition) is 5. The van der Waals surface area contributed by atoms with Crippen LogP contribution >= 0.6 is 0 Å². The molecule has 2 N–H and O–H groups in total. The number of ether oxygens (including phenoxy) is 1. The average Bonchev–Trinajstić information content (AvgIpc) is 2.33. The monoisotopic (exact) mass is 225 g/mol. The number of nitrogens with two attached hydrogens (primary N) is 1. The van der Waals surface area contributed by atoms with Crippen molar-refractivity contribution in [3.8, 4) is 0 Å². The van der Waals surface area contributed by atoms with E-state index in [0.29, 0.717) is 19.0 Å². The SMILES string of the molecule is NN=Nc1cc(N2CCOCC2)ncc1F. The summed E-state index contributed by atoms with van der Waals surface area (Å²) in [6, 6.07) is 1.52. The molecular formula is C9H12FN5O. The molecule has 0 saturated carbocycles. The summed E-state index contributed by atoms with van der Waals surface area (Å²) >= 11 is 0. The molecule has 1 aliphatic rings. The van der Waals surface area contributed by atoms with Crippen LogP contribution in [0.5, 0.6) is 0 Å². The van der Waals surface area contributed by atoms with Crippen LogP contribution in [0.15, 0.2) is 22.6 Å². The maximum Gasteiger partial charge on any atom is 0.169 e. The smallest absolute Gasteiger partial charge is 0.169 e. The molecule has 0 bridgehead atoms. The molecule has 86 valence electrons. The second-order valence-electron chi connectivity index (χ2n) is 3.31. The molecule has 6 nitrogen and oxygen atoms in total. The number of rotatable bonds is 2. The Labute approximate surface area is 91.9 Å². The summed E-state index contributed by atoms with van der Waals surface area (Å²) in [6.45, 7) is 2.76. The first-order chi connectivity index (χ1) is 7.81. The minimum Gasteiger partial charge on any atom is -0.378 e. The van der Waals surface area contributed by atoms with Gasteiger partial charge in [0.1, 0.15) is 11.5 Å². The second kappa shape index (κ2) is 4.84. The molecule has 0 aliphatic carbocycles. The lowest BCUT2D eigenvalue weighted by molar-refractivity contribution is 0.122. The number of morpholine rings is 1. The number of aromatic nitrogens is 1. The third kappa shape index (κ3) is 2.25. The Balaban J connectivity index is 2.23. The van der Waals surface area contributed by atoms with E-state index in [0.717, 1.165) is 19.3 Å². The molecule has 16 heavy (non-hydrogen) atoms. The van der Waals surface area contributed by atoms with E-state index in [-0.39, 0.29) is 5.69 Å². The maximum atomic E-state index is 13.2. The summed E-state index contributed by atoms with van der Waals surface area (Å²) in [5.41, 5.74) is 0.0963. The van der Waals surface area contributed by atoms with Gasteiger partial charge >= 0.3 is 0 Å². The minimum atomic E-state index is -0.536. The second-order valence-corrected chi connectivity index (χ2v) is 3.31. The predicted octanol–water partition coefficient (Wildman–Crippen LogP) is 1.01. The van der Waals surface area contributed by atoms with Gasteiger partial charge in [0.25, 0.3) is 0 Å². The molecule has 2 rings (SSSR count). The number of pyridine rings is 1. The van der Waals surface area contributed by atoms with Crippen molar-refractivity contribution in [1.29, 1.82) is 0 Å². The topological polar surface area (TPSA) is 76.1 Å². The molecule has 0 unspecified atom stereocenters. The minimum absolute atomic E-state index is 0.0963. The Morgan fingerprint density at radius 2 is 2.19 bits per heavy atom. The molecule has 1 saturated heterocycles. The summed E-state index contributed by atoms with van der Waals surface area (Å²) in [7, 11) is 0. The van der Waals surface area contributed by atoms with Crippen LogP contribution in [-0.4, -0.2) is 31.3 Å². The van der Waals surface area contributed by atoms with Gasteiger partial charge < -0.3 is 15.5 Å². The summed E-state index contributed by atoms with van der Waals surface area (Å²) in [6.07, 6.45) is 1.12. The average molecular weight is 225 g/mol. The van der Waals surface area contributed by atoms with Crippen molar-refractivity contribution in [2.45, 2.75) is 0 Å². The van der Waals surface area contributed by atoms with E-state index in [1.807, 2.05) is 4.90 Å². The first-order valence-corrected chi connectivity index (χ1v) is 4.90. The molecule has 2 heterocycles. The lowest BCUT2D eigenvalue weighted by Crippen LogP contribution is -2.36. The summed E-state index contributed by atoms with van der Waals surface area (Å²) in [4.78, 5) is 6.00. The highest BCUT2D eigenvalue weighted by Gasteiger charge is 2.14. The Kier molecular flexibility index (Phi) is 3.25. The van der Waals surface area contributed by atoms with E-state index in [2.05, 4.69) is 15.3 Å². The lowest BCUT2D eigenvalue weighted by Gasteiger charge is -2.27. The van der Waals surface area contributed by atoms with Crippen LogP contribution in [0.1, 0.15) is 0 Å². The molecule has 0 spiro atoms. The van der Waals surface area contributed by atoms with Gasteiger partial charge in [-0.25, -0.2) is 9.37 Å². The van der Waals surface area contributed by atoms with Crippen molar-refractivity contribution in [2.24, 2.45) is 16.2 Å². The van der Waals surface area contributed by atoms with E-state index in [9.17, 15) is 4.39 Å². The fourth-order valence-electron chi connectivity index (χ4n) is 1.52. The van der Waals surface area contributed by atoms with Crippen LogP contribution in [0.4, 0.5) is 15.9 Å². The van der Waals surface area contributed by atoms with Crippen molar-refractivity contribution in [1.82, 2.24) is 4.98 Å². The molecule has 1 aliphatic heterocycles. The van der Waals surface area contributed by atoms with Crippen LogP contribution in [0, 0.1) is 5.82 Å². The number of anilines is 1. The molecule has 1 aromatic rings. The van der Waals surface area contributed by atoms with Gasteiger partial charge in [0, 0.05) is 19.2 Å². The molecule has 0 amide bonds. The van der Waals surface area contributed by atoms with E-state index in [1.165, 1.54) is 6.07 Å². The fourth-order valence-corrected chi connectivity index (χ4v) is 1.52. The molecule has 0 atom stereocenters. The van der Waals surface area contributed by atoms with Gasteiger partial charge in [-0.3, -0.25) is 0 Å². The zero-order valence-corrected chi connectivity index (χ0v) is 8.64. The zero-order chi connectivity index (χ0) is 11.4. The van der Waals surface area contributed by atoms with Crippen molar-refractivity contribution >= 4 is 11.5 Å². The highest BCUT2D eigenvalue weighted by molar-refractivity contribution is 5.50. The van der Waals surface area contributed by atoms with Crippen molar-refractivity contribution in [3.63, 3.8) is 0 Å². The molecule has 1 aromatic heterocycles. The first-order valence-electron chi connectivity index (χ1n) is 4.90. The number of halogens is 1. The Bertz CT molecular complexity index is 391. The molecule has 7 heteroatoms. The van der Waals surface area contributed by atoms with Crippen LogP contribution in [-0.2, 0) is 4.74 Å². The van der Waals surface area contributed by atoms with Crippen LogP contribution in [0.3, 0.4) is 0 Å². The summed E-state index contributed by atoms with van der Waals surface area (Å²) in [5, 5.41) is 6.56. The Hall–Kier alpha value is -1.76. The third-order valence-electron chi connectivity index (χ3n) is 2.32. The maximum absolute atomic E-state index is 13.2. The largest absolute Gasteiger partial charge is 0.378 e. The fraction of sp³-hybridized carbons (Fsp3) is 0.444. The van der Waals surface area contributed by atoms with Gasteiger partial charge in [0.2, 0.25) is 0 Å². The third-order valence-corrected chi connectivity index (χ3v) is 2.32. The van der Waals surface area contributed by atoms with Gasteiger partial charge in [0.05, 0.1) is 19.4 Å². The van der Waals surface area contributed by atoms with Gasteiger partial charge in [-0.05, 0) is 0 Å². The normalized spacial score (nSPS) is 16.9. The van der Waals surface area contributed by atoms with Gasteiger partial charge in [0.15, 0.2) is 5.82 Å². The van der Waals surface area contributed by atoms with E-state index < -0.39 is 5.82 Å². The van der Waals surface area contributed by atoms with Gasteiger partial charge in [-0.2, -0.15) is 0 Å². The number of hydrogen-bond donors (Lipinski definition) is 1. The first kappa shape index (κ1) is 10.7. The van der Waals surface area contributed by atoms with Crippen LogP contribution < -0.4 is 10.7 Å². The standard InChI is InChI=1S/C9H12FN5O/c10-7-6-12-9(5-8(7)13-14-11)15-1-3-16-4-2-15/h5-6H,1-4H2,(H2,11,12,13). The Morgan fingerprint density at radius 1 is 1.44 bits per heavy atom. The highest BCUT2D eigenvalue weighted by atomic mass is 19.1. The van der Waals surface area contributed by atoms with E-state index >= 15 is 0 Å². The Morgan fingerprint density at radius 3 is 2.88 bits per heavy atom. The van der Waals surface area contributed by atoms with Crippen molar-refractivity contribution in [3.05, 3.63) is 18.1 Å². The summed E-state index contributed by atoms with van der Waals surface area (Å²) in [5.74, 6) is 5.02. The van der Waals surface area contributed by atoms with Crippen LogP contribution in [0.2, 0.25) is 0 Å². The van der Waals surface area contributed by atoms with Crippen molar-refractivity contribution in [2.75, 3.05) is 31.2 Å². The highest BCUT2D eigenvalue weighted by Crippen LogP contribution is 2.23. The summed E-state index contributed by atoms with van der Waals surface area (Å²) < 4.78 is 18.4. The molecular weight excluding hydrogens is 213 g/mol. The quantitative estimate of drug-likeness (QED) is 0.463. The number of nitrogens with zero attached hydrogens (tertiary/aromatic N) is 4. The predicted molar refractivity (Wildman–Crippen MR) is 55.9 cm³/mol. The zero-order valence-electron chi connectivity index (χ0n) is 8.64. The van der Waals surface area contributed by atoms with Gasteiger partial charge in [-0.1, -0.05) is 5.22 Å². The van der Waals surface area contributed by atoms with E-state index in [4.69, 9.17) is 10.6 Å².